The zero-order valence-corrected chi connectivity index (χ0v) is 19.9. The van der Waals surface area contributed by atoms with Crippen molar-refractivity contribution in [1.29, 1.82) is 0 Å². The molecule has 0 spiro atoms. The first-order chi connectivity index (χ1) is 17.2. The van der Waals surface area contributed by atoms with Crippen LogP contribution in [0.3, 0.4) is 0 Å². The molecule has 2 N–H and O–H groups in total. The summed E-state index contributed by atoms with van der Waals surface area (Å²) in [5.41, 5.74) is 3.58. The molecule has 0 unspecified atom stereocenters. The number of ether oxygens (including phenoxy) is 1. The van der Waals surface area contributed by atoms with Crippen LogP contribution < -0.4 is 15.4 Å². The highest BCUT2D eigenvalue weighted by Gasteiger charge is 2.17. The Labute approximate surface area is 206 Å². The van der Waals surface area contributed by atoms with Crippen molar-refractivity contribution in [1.82, 2.24) is 20.5 Å². The SMILES string of the molecule is O=C1CN(Cc2ccccc2)Cc2ccc(C(=O)NCc3cccnc3)cc2OCCCCCN1. The zero-order valence-electron chi connectivity index (χ0n) is 19.9. The first-order valence-electron chi connectivity index (χ1n) is 12.1. The molecule has 0 atom stereocenters. The maximum absolute atomic E-state index is 12.8. The predicted octanol–water partition coefficient (Wildman–Crippen LogP) is 3.69. The van der Waals surface area contributed by atoms with E-state index in [1.165, 1.54) is 0 Å². The average molecular weight is 473 g/mol. The molecule has 3 aromatic rings. The summed E-state index contributed by atoms with van der Waals surface area (Å²) in [5, 5.41) is 5.98. The van der Waals surface area contributed by atoms with Gasteiger partial charge in [0.2, 0.25) is 5.91 Å². The summed E-state index contributed by atoms with van der Waals surface area (Å²) in [5.74, 6) is 0.550. The van der Waals surface area contributed by atoms with E-state index in [9.17, 15) is 9.59 Å². The standard InChI is InChI=1S/C28H32N4O3/c33-27-21-32(19-22-8-3-1-4-9-22)20-25-12-11-24(16-26(25)35-15-6-2-5-14-30-27)28(34)31-18-23-10-7-13-29-17-23/h1,3-4,7-13,16-17H,2,5-6,14-15,18-21H2,(H,30,33)(H,31,34). The lowest BCUT2D eigenvalue weighted by Crippen LogP contribution is -2.37. The molecule has 1 aliphatic heterocycles. The molecule has 0 fully saturated rings. The molecule has 2 amide bonds. The number of rotatable bonds is 5. The first kappa shape index (κ1) is 24.4. The third-order valence-corrected chi connectivity index (χ3v) is 5.92. The fourth-order valence-electron chi connectivity index (χ4n) is 4.07. The second kappa shape index (κ2) is 12.7. The number of hydrogen-bond acceptors (Lipinski definition) is 5. The fourth-order valence-corrected chi connectivity index (χ4v) is 4.07. The van der Waals surface area contributed by atoms with Crippen molar-refractivity contribution in [2.45, 2.75) is 38.9 Å². The van der Waals surface area contributed by atoms with Gasteiger partial charge in [0.25, 0.3) is 5.91 Å². The monoisotopic (exact) mass is 472 g/mol. The summed E-state index contributed by atoms with van der Waals surface area (Å²) >= 11 is 0. The van der Waals surface area contributed by atoms with Crippen LogP contribution in [0, 0.1) is 0 Å². The Morgan fingerprint density at radius 1 is 1.00 bits per heavy atom. The normalized spacial score (nSPS) is 15.4. The highest BCUT2D eigenvalue weighted by molar-refractivity contribution is 5.94. The maximum atomic E-state index is 12.8. The van der Waals surface area contributed by atoms with Crippen molar-refractivity contribution in [2.24, 2.45) is 0 Å². The van der Waals surface area contributed by atoms with E-state index >= 15 is 0 Å². The van der Waals surface area contributed by atoms with E-state index in [-0.39, 0.29) is 11.8 Å². The molecule has 2 heterocycles. The zero-order chi connectivity index (χ0) is 24.3. The Morgan fingerprint density at radius 2 is 1.86 bits per heavy atom. The molecule has 182 valence electrons. The molecule has 0 radical (unpaired) electrons. The van der Waals surface area contributed by atoms with Gasteiger partial charge in [0.15, 0.2) is 0 Å². The molecule has 1 aromatic heterocycles. The van der Waals surface area contributed by atoms with Gasteiger partial charge in [0.1, 0.15) is 5.75 Å². The Hall–Kier alpha value is -3.71. The van der Waals surface area contributed by atoms with Gasteiger partial charge in [0.05, 0.1) is 13.2 Å². The maximum Gasteiger partial charge on any atom is 0.251 e. The van der Waals surface area contributed by atoms with Gasteiger partial charge >= 0.3 is 0 Å². The third kappa shape index (κ3) is 7.65. The quantitative estimate of drug-likeness (QED) is 0.592. The van der Waals surface area contributed by atoms with Crippen molar-refractivity contribution in [3.8, 4) is 5.75 Å². The van der Waals surface area contributed by atoms with Crippen molar-refractivity contribution >= 4 is 11.8 Å². The molecule has 1 aliphatic rings. The van der Waals surface area contributed by atoms with Crippen LogP contribution in [-0.2, 0) is 24.4 Å². The summed E-state index contributed by atoms with van der Waals surface area (Å²) < 4.78 is 6.16. The smallest absolute Gasteiger partial charge is 0.251 e. The molecule has 4 rings (SSSR count). The van der Waals surface area contributed by atoms with Gasteiger partial charge in [-0.15, -0.1) is 0 Å². The van der Waals surface area contributed by atoms with Crippen LogP contribution in [0.1, 0.15) is 46.3 Å². The Kier molecular flexibility index (Phi) is 8.84. The van der Waals surface area contributed by atoms with Crippen LogP contribution in [0.4, 0.5) is 0 Å². The van der Waals surface area contributed by atoms with Crippen molar-refractivity contribution < 1.29 is 14.3 Å². The van der Waals surface area contributed by atoms with Crippen LogP contribution >= 0.6 is 0 Å². The van der Waals surface area contributed by atoms with Crippen LogP contribution in [-0.4, -0.2) is 41.4 Å². The number of hydrogen-bond donors (Lipinski definition) is 2. The molecular weight excluding hydrogens is 440 g/mol. The Balaban J connectivity index is 1.53. The number of fused-ring (bicyclic) bond motifs is 1. The Morgan fingerprint density at radius 3 is 2.69 bits per heavy atom. The minimum atomic E-state index is -0.163. The number of aromatic nitrogens is 1. The largest absolute Gasteiger partial charge is 0.493 e. The van der Waals surface area contributed by atoms with E-state index in [1.54, 1.807) is 12.4 Å². The lowest BCUT2D eigenvalue weighted by Gasteiger charge is -2.23. The number of nitrogens with zero attached hydrogens (tertiary/aromatic N) is 2. The van der Waals surface area contributed by atoms with Crippen molar-refractivity contribution in [3.05, 3.63) is 95.3 Å². The minimum absolute atomic E-state index is 0.0223. The number of carbonyl (C=O) groups is 2. The molecule has 7 nitrogen and oxygen atoms in total. The number of pyridine rings is 1. The molecule has 2 aromatic carbocycles. The molecule has 7 heteroatoms. The van der Waals surface area contributed by atoms with Crippen molar-refractivity contribution in [3.63, 3.8) is 0 Å². The summed E-state index contributed by atoms with van der Waals surface area (Å²) in [6.45, 7) is 3.12. The molecule has 0 saturated carbocycles. The first-order valence-corrected chi connectivity index (χ1v) is 12.1. The van der Waals surface area contributed by atoms with E-state index in [0.717, 1.165) is 36.0 Å². The van der Waals surface area contributed by atoms with Gasteiger partial charge in [0, 0.05) is 49.7 Å². The third-order valence-electron chi connectivity index (χ3n) is 5.92. The van der Waals surface area contributed by atoms with E-state index < -0.39 is 0 Å². The van der Waals surface area contributed by atoms with E-state index in [2.05, 4.69) is 32.7 Å². The van der Waals surface area contributed by atoms with E-state index in [4.69, 9.17) is 4.74 Å². The van der Waals surface area contributed by atoms with E-state index in [1.807, 2.05) is 48.5 Å². The number of benzene rings is 2. The van der Waals surface area contributed by atoms with Gasteiger partial charge in [-0.2, -0.15) is 0 Å². The summed E-state index contributed by atoms with van der Waals surface area (Å²) in [6, 6.07) is 19.5. The van der Waals surface area contributed by atoms with Gasteiger partial charge in [-0.05, 0) is 48.6 Å². The molecule has 0 aliphatic carbocycles. The highest BCUT2D eigenvalue weighted by Crippen LogP contribution is 2.24. The number of carbonyl (C=O) groups excluding carboxylic acids is 2. The number of amides is 2. The number of nitrogens with one attached hydrogen (secondary N) is 2. The van der Waals surface area contributed by atoms with Crippen LogP contribution in [0.25, 0.3) is 0 Å². The minimum Gasteiger partial charge on any atom is -0.493 e. The van der Waals surface area contributed by atoms with Gasteiger partial charge in [-0.3, -0.25) is 19.5 Å². The Bertz CT molecular complexity index is 1110. The lowest BCUT2D eigenvalue weighted by atomic mass is 10.1. The molecule has 0 bridgehead atoms. The predicted molar refractivity (Wildman–Crippen MR) is 135 cm³/mol. The van der Waals surface area contributed by atoms with Gasteiger partial charge in [-0.25, -0.2) is 0 Å². The molecule has 35 heavy (non-hydrogen) atoms. The summed E-state index contributed by atoms with van der Waals surface area (Å²) in [4.78, 5) is 31.6. The van der Waals surface area contributed by atoms with Gasteiger partial charge < -0.3 is 15.4 Å². The van der Waals surface area contributed by atoms with Crippen LogP contribution in [0.15, 0.2) is 73.1 Å². The highest BCUT2D eigenvalue weighted by atomic mass is 16.5. The topological polar surface area (TPSA) is 83.6 Å². The van der Waals surface area contributed by atoms with Crippen LogP contribution in [0.5, 0.6) is 5.75 Å². The fraction of sp³-hybridized carbons (Fsp3) is 0.321. The van der Waals surface area contributed by atoms with E-state index in [0.29, 0.717) is 50.6 Å². The van der Waals surface area contributed by atoms with Gasteiger partial charge in [-0.1, -0.05) is 42.5 Å². The molecular formula is C28H32N4O3. The second-order valence-corrected chi connectivity index (χ2v) is 8.76. The lowest BCUT2D eigenvalue weighted by molar-refractivity contribution is -0.122. The second-order valence-electron chi connectivity index (χ2n) is 8.76. The summed E-state index contributed by atoms with van der Waals surface area (Å²) in [7, 11) is 0. The van der Waals surface area contributed by atoms with Crippen molar-refractivity contribution in [2.75, 3.05) is 19.7 Å². The molecule has 0 saturated heterocycles. The van der Waals surface area contributed by atoms with Crippen LogP contribution in [0.2, 0.25) is 0 Å². The average Bonchev–Trinajstić information content (AvgIpc) is 2.89. The summed E-state index contributed by atoms with van der Waals surface area (Å²) in [6.07, 6.45) is 6.22.